The van der Waals surface area contributed by atoms with Crippen LogP contribution in [0.1, 0.15) is 26.3 Å². The number of carboxylic acid groups (broad SMARTS) is 1. The van der Waals surface area contributed by atoms with E-state index in [1.54, 1.807) is 20.8 Å². The fourth-order valence-electron chi connectivity index (χ4n) is 2.11. The highest BCUT2D eigenvalue weighted by Gasteiger charge is 2.26. The van der Waals surface area contributed by atoms with Gasteiger partial charge in [-0.05, 0) is 26.8 Å². The molecule has 0 aliphatic heterocycles. The molecule has 1 atom stereocenters. The summed E-state index contributed by atoms with van der Waals surface area (Å²) in [5.74, 6) is -1.36. The highest BCUT2D eigenvalue weighted by molar-refractivity contribution is 5.80. The minimum atomic E-state index is -1.31. The zero-order valence-electron chi connectivity index (χ0n) is 16.3. The number of carbonyl (C=O) groups is 2. The monoisotopic (exact) mass is 400 g/mol. The van der Waals surface area contributed by atoms with Crippen molar-refractivity contribution in [3.8, 4) is 11.5 Å². The number of rotatable bonds is 9. The molecule has 1 amide bonds. The van der Waals surface area contributed by atoms with Gasteiger partial charge in [0.15, 0.2) is 11.8 Å². The van der Waals surface area contributed by atoms with E-state index in [1.807, 2.05) is 0 Å². The highest BCUT2D eigenvalue weighted by Crippen LogP contribution is 2.39. The number of benzene rings is 1. The van der Waals surface area contributed by atoms with E-state index in [0.29, 0.717) is 5.56 Å². The largest absolute Gasteiger partial charge is 0.492 e. The van der Waals surface area contributed by atoms with Gasteiger partial charge in [0.05, 0.1) is 31.4 Å². The maximum Gasteiger partial charge on any atom is 0.408 e. The second-order valence-electron chi connectivity index (χ2n) is 6.60. The van der Waals surface area contributed by atoms with Crippen LogP contribution in [0.2, 0.25) is 0 Å². The van der Waals surface area contributed by atoms with Crippen molar-refractivity contribution >= 4 is 17.7 Å². The Morgan fingerprint density at radius 3 is 2.29 bits per heavy atom. The van der Waals surface area contributed by atoms with Crippen molar-refractivity contribution in [1.82, 2.24) is 5.32 Å². The highest BCUT2D eigenvalue weighted by atomic mass is 16.6. The molecule has 0 radical (unpaired) electrons. The van der Waals surface area contributed by atoms with Crippen molar-refractivity contribution in [1.29, 1.82) is 0 Å². The molecule has 0 heterocycles. The molecule has 156 valence electrons. The molecule has 1 rings (SSSR count). The number of aliphatic carboxylic acids is 1. The smallest absolute Gasteiger partial charge is 0.408 e. The molecule has 0 aliphatic rings. The van der Waals surface area contributed by atoms with E-state index >= 15 is 0 Å². The molecule has 1 aromatic carbocycles. The van der Waals surface area contributed by atoms with Gasteiger partial charge in [-0.15, -0.1) is 0 Å². The molecular formula is C17H24N2O9. The van der Waals surface area contributed by atoms with E-state index in [2.05, 4.69) is 5.32 Å². The minimum Gasteiger partial charge on any atom is -0.492 e. The third-order valence-corrected chi connectivity index (χ3v) is 3.41. The second-order valence-corrected chi connectivity index (χ2v) is 6.60. The Labute approximate surface area is 161 Å². The minimum absolute atomic E-state index is 0.0374. The van der Waals surface area contributed by atoms with Gasteiger partial charge in [0.1, 0.15) is 6.61 Å². The number of nitrogens with one attached hydrogen (secondary N) is 1. The first-order valence-electron chi connectivity index (χ1n) is 8.18. The summed E-state index contributed by atoms with van der Waals surface area (Å²) in [7, 11) is 2.53. The van der Waals surface area contributed by atoms with Gasteiger partial charge < -0.3 is 29.4 Å². The van der Waals surface area contributed by atoms with Crippen molar-refractivity contribution in [3.05, 3.63) is 27.8 Å². The van der Waals surface area contributed by atoms with Gasteiger partial charge in [-0.1, -0.05) is 0 Å². The molecule has 0 spiro atoms. The molecule has 0 aliphatic carbocycles. The molecule has 0 unspecified atom stereocenters. The average Bonchev–Trinajstić information content (AvgIpc) is 2.60. The topological polar surface area (TPSA) is 146 Å². The predicted molar refractivity (Wildman–Crippen MR) is 96.6 cm³/mol. The van der Waals surface area contributed by atoms with Crippen LogP contribution >= 0.6 is 0 Å². The lowest BCUT2D eigenvalue weighted by molar-refractivity contribution is -0.385. The van der Waals surface area contributed by atoms with Crippen LogP contribution in [0.3, 0.4) is 0 Å². The van der Waals surface area contributed by atoms with Gasteiger partial charge in [-0.2, -0.15) is 0 Å². The van der Waals surface area contributed by atoms with Gasteiger partial charge in [0, 0.05) is 11.6 Å². The maximum absolute atomic E-state index is 12.0. The van der Waals surface area contributed by atoms with Gasteiger partial charge in [-0.3, -0.25) is 10.1 Å². The maximum atomic E-state index is 12.0. The Balaban J connectivity index is 2.83. The average molecular weight is 400 g/mol. The standard InChI is InChI=1S/C17H24N2O9/c1-17(2,3)28-9-11(15(20)21)18-16(22)27-8-10-6-7-12(19(23)24)14(26-5)13(10)25-4/h6-7,11H,8-9H2,1-5H3,(H,18,22)(H,20,21)/t11-/m0/s1. The number of carboxylic acids is 1. The molecule has 0 saturated heterocycles. The Hall–Kier alpha value is -3.08. The van der Waals surface area contributed by atoms with Gasteiger partial charge >= 0.3 is 17.7 Å². The van der Waals surface area contributed by atoms with E-state index in [1.165, 1.54) is 26.4 Å². The number of alkyl carbamates (subject to hydrolysis) is 1. The van der Waals surface area contributed by atoms with E-state index in [4.69, 9.17) is 18.9 Å². The Kier molecular flexibility index (Phi) is 7.99. The summed E-state index contributed by atoms with van der Waals surface area (Å²) in [4.78, 5) is 33.6. The number of nitrogens with zero attached hydrogens (tertiary/aromatic N) is 1. The molecule has 11 heteroatoms. The normalized spacial score (nSPS) is 12.0. The van der Waals surface area contributed by atoms with E-state index in [9.17, 15) is 24.8 Å². The van der Waals surface area contributed by atoms with Crippen LogP contribution < -0.4 is 14.8 Å². The number of hydrogen-bond acceptors (Lipinski definition) is 8. The van der Waals surface area contributed by atoms with E-state index in [-0.39, 0.29) is 30.4 Å². The molecule has 0 saturated carbocycles. The molecule has 2 N–H and O–H groups in total. The van der Waals surface area contributed by atoms with Crippen LogP contribution in [0.25, 0.3) is 0 Å². The summed E-state index contributed by atoms with van der Waals surface area (Å²) in [6, 6.07) is 1.24. The van der Waals surface area contributed by atoms with Crippen molar-refractivity contribution in [2.45, 2.75) is 39.0 Å². The first kappa shape index (κ1) is 23.0. The third-order valence-electron chi connectivity index (χ3n) is 3.41. The lowest BCUT2D eigenvalue weighted by Crippen LogP contribution is -2.45. The molecule has 0 fully saturated rings. The van der Waals surface area contributed by atoms with Crippen molar-refractivity contribution in [2.24, 2.45) is 0 Å². The van der Waals surface area contributed by atoms with Crippen molar-refractivity contribution < 1.29 is 38.6 Å². The van der Waals surface area contributed by atoms with Gasteiger partial charge in [-0.25, -0.2) is 9.59 Å². The van der Waals surface area contributed by atoms with Gasteiger partial charge in [0.2, 0.25) is 5.75 Å². The number of methoxy groups -OCH3 is 2. The number of hydrogen-bond donors (Lipinski definition) is 2. The number of amides is 1. The predicted octanol–water partition coefficient (Wildman–Crippen LogP) is 2.11. The molecule has 28 heavy (non-hydrogen) atoms. The Morgan fingerprint density at radius 1 is 1.21 bits per heavy atom. The quantitative estimate of drug-likeness (QED) is 0.470. The first-order valence-corrected chi connectivity index (χ1v) is 8.18. The second kappa shape index (κ2) is 9.74. The summed E-state index contributed by atoms with van der Waals surface area (Å²) in [6.45, 7) is 4.67. The zero-order valence-corrected chi connectivity index (χ0v) is 16.3. The van der Waals surface area contributed by atoms with Crippen LogP contribution in [-0.4, -0.2) is 54.6 Å². The third kappa shape index (κ3) is 6.58. The Morgan fingerprint density at radius 2 is 1.82 bits per heavy atom. The molecule has 0 aromatic heterocycles. The van der Waals surface area contributed by atoms with Crippen molar-refractivity contribution in [2.75, 3.05) is 20.8 Å². The van der Waals surface area contributed by atoms with Crippen LogP contribution in [0.15, 0.2) is 12.1 Å². The fraction of sp³-hybridized carbons (Fsp3) is 0.529. The number of ether oxygens (including phenoxy) is 4. The number of carbonyl (C=O) groups excluding carboxylic acids is 1. The lowest BCUT2D eigenvalue weighted by atomic mass is 10.1. The molecule has 0 bridgehead atoms. The lowest BCUT2D eigenvalue weighted by Gasteiger charge is -2.23. The summed E-state index contributed by atoms with van der Waals surface area (Å²) >= 11 is 0. The summed E-state index contributed by atoms with van der Waals surface area (Å²) in [5, 5.41) is 22.4. The molecule has 11 nitrogen and oxygen atoms in total. The zero-order chi connectivity index (χ0) is 21.5. The summed E-state index contributed by atoms with van der Waals surface area (Å²) < 4.78 is 20.5. The SMILES string of the molecule is COc1c(COC(=O)N[C@@H](COC(C)(C)C)C(=O)O)ccc([N+](=O)[O-])c1OC. The molecular weight excluding hydrogens is 376 g/mol. The van der Waals surface area contributed by atoms with Crippen molar-refractivity contribution in [3.63, 3.8) is 0 Å². The van der Waals surface area contributed by atoms with Crippen LogP contribution in [0.5, 0.6) is 11.5 Å². The number of nitro benzene ring substituents is 1. The summed E-state index contributed by atoms with van der Waals surface area (Å²) in [5.41, 5.74) is -0.585. The first-order chi connectivity index (χ1) is 13.0. The van der Waals surface area contributed by atoms with Crippen LogP contribution in [0, 0.1) is 10.1 Å². The summed E-state index contributed by atoms with van der Waals surface area (Å²) in [6.07, 6.45) is -0.996. The number of nitro groups is 1. The molecule has 1 aromatic rings. The Bertz CT molecular complexity index is 728. The van der Waals surface area contributed by atoms with E-state index < -0.39 is 28.6 Å². The van der Waals surface area contributed by atoms with Crippen LogP contribution in [-0.2, 0) is 20.9 Å². The van der Waals surface area contributed by atoms with Crippen LogP contribution in [0.4, 0.5) is 10.5 Å². The van der Waals surface area contributed by atoms with E-state index in [0.717, 1.165) is 0 Å². The fourth-order valence-corrected chi connectivity index (χ4v) is 2.11. The van der Waals surface area contributed by atoms with Gasteiger partial charge in [0.25, 0.3) is 0 Å².